The molecule has 0 aliphatic heterocycles. The van der Waals surface area contributed by atoms with Crippen molar-refractivity contribution < 1.29 is 8.78 Å². The van der Waals surface area contributed by atoms with Crippen LogP contribution in [0.25, 0.3) is 11.2 Å². The molecule has 3 aromatic rings. The van der Waals surface area contributed by atoms with Crippen LogP contribution >= 0.6 is 11.6 Å². The van der Waals surface area contributed by atoms with E-state index in [0.717, 1.165) is 22.9 Å². The second kappa shape index (κ2) is 5.11. The molecule has 110 valence electrons. The second-order valence-corrected chi connectivity index (χ2v) is 5.13. The van der Waals surface area contributed by atoms with E-state index >= 15 is 0 Å². The summed E-state index contributed by atoms with van der Waals surface area (Å²) in [5.41, 5.74) is 2.68. The van der Waals surface area contributed by atoms with Gasteiger partial charge in [-0.25, -0.2) is 13.8 Å². The molecular weight excluding hydrogens is 298 g/mol. The van der Waals surface area contributed by atoms with E-state index in [-0.39, 0.29) is 12.4 Å². The van der Waals surface area contributed by atoms with Gasteiger partial charge in [0.25, 0.3) is 0 Å². The summed E-state index contributed by atoms with van der Waals surface area (Å²) < 4.78 is 30.3. The zero-order valence-electron chi connectivity index (χ0n) is 11.6. The zero-order chi connectivity index (χ0) is 15.1. The van der Waals surface area contributed by atoms with Crippen LogP contribution in [0, 0.1) is 18.6 Å². The molecule has 2 aromatic heterocycles. The Balaban J connectivity index is 2.15. The number of aromatic nitrogens is 4. The highest BCUT2D eigenvalue weighted by Crippen LogP contribution is 2.22. The number of halogens is 3. The fourth-order valence-electron chi connectivity index (χ4n) is 2.47. The number of alkyl halides is 1. The molecule has 0 radical (unpaired) electrons. The number of fused-ring (bicyclic) bond motifs is 1. The lowest BCUT2D eigenvalue weighted by Gasteiger charge is -2.09. The topological polar surface area (TPSA) is 35.6 Å². The minimum atomic E-state index is -0.596. The number of imidazole rings is 1. The number of hydrogen-bond donors (Lipinski definition) is 0. The molecule has 2 heterocycles. The van der Waals surface area contributed by atoms with Gasteiger partial charge in [-0.15, -0.1) is 11.6 Å². The van der Waals surface area contributed by atoms with Gasteiger partial charge in [0.1, 0.15) is 23.0 Å². The molecule has 3 rings (SSSR count). The Hall–Kier alpha value is -1.95. The molecule has 0 amide bonds. The van der Waals surface area contributed by atoms with Crippen LogP contribution in [0.4, 0.5) is 8.78 Å². The third-order valence-corrected chi connectivity index (χ3v) is 3.67. The molecule has 0 saturated carbocycles. The van der Waals surface area contributed by atoms with Crippen LogP contribution in [-0.2, 0) is 19.5 Å². The first-order valence-corrected chi connectivity index (χ1v) is 6.93. The molecule has 0 atom stereocenters. The molecule has 0 unspecified atom stereocenters. The van der Waals surface area contributed by atoms with Gasteiger partial charge < -0.3 is 4.57 Å². The Bertz CT molecular complexity index is 822. The number of nitrogens with zero attached hydrogens (tertiary/aromatic N) is 4. The van der Waals surface area contributed by atoms with Crippen LogP contribution in [0.3, 0.4) is 0 Å². The van der Waals surface area contributed by atoms with E-state index < -0.39 is 11.6 Å². The van der Waals surface area contributed by atoms with Crippen LogP contribution in [0.2, 0.25) is 0 Å². The summed E-state index contributed by atoms with van der Waals surface area (Å²) in [6.45, 7) is 2.08. The average molecular weight is 311 g/mol. The summed E-state index contributed by atoms with van der Waals surface area (Å²) in [5.74, 6) is -0.347. The minimum absolute atomic E-state index is 0.205. The first-order chi connectivity index (χ1) is 10.0. The van der Waals surface area contributed by atoms with Crippen molar-refractivity contribution in [2.45, 2.75) is 19.3 Å². The van der Waals surface area contributed by atoms with Crippen LogP contribution < -0.4 is 0 Å². The molecule has 7 heteroatoms. The van der Waals surface area contributed by atoms with E-state index in [1.807, 2.05) is 6.92 Å². The highest BCUT2D eigenvalue weighted by atomic mass is 35.5. The Morgan fingerprint density at radius 3 is 2.71 bits per heavy atom. The van der Waals surface area contributed by atoms with E-state index in [2.05, 4.69) is 10.1 Å². The standard InChI is InChI=1S/C14H13ClF2N4/c1-8-13-14(20(2)19-8)21(12(6-15)18-13)7-9-3-4-10(16)5-11(9)17/h3-5H,6-7H2,1-2H3. The van der Waals surface area contributed by atoms with E-state index in [4.69, 9.17) is 11.6 Å². The first kappa shape index (κ1) is 14.0. The minimum Gasteiger partial charge on any atom is -0.307 e. The van der Waals surface area contributed by atoms with Crippen molar-refractivity contribution in [1.82, 2.24) is 19.3 Å². The monoisotopic (exact) mass is 310 g/mol. The van der Waals surface area contributed by atoms with Gasteiger partial charge in [-0.2, -0.15) is 5.10 Å². The maximum absolute atomic E-state index is 13.9. The normalized spacial score (nSPS) is 11.5. The van der Waals surface area contributed by atoms with Gasteiger partial charge in [-0.1, -0.05) is 6.07 Å². The molecule has 21 heavy (non-hydrogen) atoms. The van der Waals surface area contributed by atoms with Gasteiger partial charge in [0.2, 0.25) is 0 Å². The number of rotatable bonds is 3. The van der Waals surface area contributed by atoms with Gasteiger partial charge in [0.05, 0.1) is 18.1 Å². The van der Waals surface area contributed by atoms with E-state index in [1.54, 1.807) is 16.3 Å². The first-order valence-electron chi connectivity index (χ1n) is 6.40. The van der Waals surface area contributed by atoms with Crippen molar-refractivity contribution in [2.75, 3.05) is 0 Å². The van der Waals surface area contributed by atoms with Gasteiger partial charge in [0, 0.05) is 18.7 Å². The lowest BCUT2D eigenvalue weighted by atomic mass is 10.2. The summed E-state index contributed by atoms with van der Waals surface area (Å²) in [5, 5.41) is 4.30. The highest BCUT2D eigenvalue weighted by Gasteiger charge is 2.18. The number of aryl methyl sites for hydroxylation is 2. The summed E-state index contributed by atoms with van der Waals surface area (Å²) in [4.78, 5) is 4.45. The van der Waals surface area contributed by atoms with E-state index in [0.29, 0.717) is 11.4 Å². The van der Waals surface area contributed by atoms with Crippen molar-refractivity contribution in [3.05, 3.63) is 46.9 Å². The molecule has 0 spiro atoms. The van der Waals surface area contributed by atoms with Crippen LogP contribution in [0.15, 0.2) is 18.2 Å². The van der Waals surface area contributed by atoms with Crippen molar-refractivity contribution in [1.29, 1.82) is 0 Å². The molecule has 0 saturated heterocycles. The Kier molecular flexibility index (Phi) is 3.41. The number of benzene rings is 1. The third-order valence-electron chi connectivity index (χ3n) is 3.43. The summed E-state index contributed by atoms with van der Waals surface area (Å²) >= 11 is 5.93. The Morgan fingerprint density at radius 2 is 2.05 bits per heavy atom. The average Bonchev–Trinajstić information content (AvgIpc) is 2.92. The molecule has 1 aromatic carbocycles. The van der Waals surface area contributed by atoms with Crippen molar-refractivity contribution in [3.63, 3.8) is 0 Å². The van der Waals surface area contributed by atoms with Crippen LogP contribution in [0.1, 0.15) is 17.1 Å². The molecule has 0 aliphatic rings. The lowest BCUT2D eigenvalue weighted by molar-refractivity contribution is 0.564. The molecule has 0 fully saturated rings. The molecule has 0 N–H and O–H groups in total. The van der Waals surface area contributed by atoms with Gasteiger partial charge in [-0.05, 0) is 13.0 Å². The Morgan fingerprint density at radius 1 is 1.29 bits per heavy atom. The van der Waals surface area contributed by atoms with Crippen LogP contribution in [0.5, 0.6) is 0 Å². The highest BCUT2D eigenvalue weighted by molar-refractivity contribution is 6.16. The van der Waals surface area contributed by atoms with Crippen molar-refractivity contribution in [2.24, 2.45) is 7.05 Å². The summed E-state index contributed by atoms with van der Waals surface area (Å²) in [6.07, 6.45) is 0. The number of hydrogen-bond acceptors (Lipinski definition) is 2. The zero-order valence-corrected chi connectivity index (χ0v) is 12.3. The fraction of sp³-hybridized carbons (Fsp3) is 0.286. The molecule has 0 aliphatic carbocycles. The van der Waals surface area contributed by atoms with Crippen LogP contribution in [-0.4, -0.2) is 19.3 Å². The van der Waals surface area contributed by atoms with Gasteiger partial charge in [-0.3, -0.25) is 4.68 Å². The predicted octanol–water partition coefficient (Wildman–Crippen LogP) is 3.14. The van der Waals surface area contributed by atoms with Crippen molar-refractivity contribution >= 4 is 22.8 Å². The van der Waals surface area contributed by atoms with E-state index in [1.165, 1.54) is 12.1 Å². The Labute approximate surface area is 125 Å². The second-order valence-electron chi connectivity index (χ2n) is 4.86. The smallest absolute Gasteiger partial charge is 0.159 e. The lowest BCUT2D eigenvalue weighted by Crippen LogP contribution is -2.09. The SMILES string of the molecule is Cc1nn(C)c2c1nc(CCl)n2Cc1ccc(F)cc1F. The molecule has 4 nitrogen and oxygen atoms in total. The van der Waals surface area contributed by atoms with E-state index in [9.17, 15) is 8.78 Å². The maximum atomic E-state index is 13.9. The largest absolute Gasteiger partial charge is 0.307 e. The van der Waals surface area contributed by atoms with Gasteiger partial charge in [0.15, 0.2) is 5.65 Å². The molecular formula is C14H13ClF2N4. The maximum Gasteiger partial charge on any atom is 0.159 e. The van der Waals surface area contributed by atoms with Gasteiger partial charge >= 0.3 is 0 Å². The summed E-state index contributed by atoms with van der Waals surface area (Å²) in [7, 11) is 1.80. The summed E-state index contributed by atoms with van der Waals surface area (Å²) in [6, 6.07) is 3.54. The fourth-order valence-corrected chi connectivity index (χ4v) is 2.67. The van der Waals surface area contributed by atoms with Crippen molar-refractivity contribution in [3.8, 4) is 0 Å². The quantitative estimate of drug-likeness (QED) is 0.697. The predicted molar refractivity (Wildman–Crippen MR) is 76.3 cm³/mol. The third kappa shape index (κ3) is 2.29. The molecule has 0 bridgehead atoms.